The Kier molecular flexibility index (Phi) is 15.7. The average molecular weight is 475 g/mol. The number of benzene rings is 1. The average Bonchev–Trinajstić information content (AvgIpc) is 2.70. The highest BCUT2D eigenvalue weighted by molar-refractivity contribution is 5.20. The van der Waals surface area contributed by atoms with Crippen LogP contribution in [-0.4, -0.2) is 24.8 Å². The minimum absolute atomic E-state index is 0.0302. The lowest BCUT2D eigenvalue weighted by atomic mass is 10.0. The number of rotatable bonds is 19. The Hall–Kier alpha value is -1.11. The highest BCUT2D eigenvalue weighted by Gasteiger charge is 2.20. The molecule has 0 saturated heterocycles. The van der Waals surface area contributed by atoms with Crippen molar-refractivity contribution < 1.29 is 27.4 Å². The van der Waals surface area contributed by atoms with Gasteiger partial charge in [0.15, 0.2) is 0 Å². The smallest absolute Gasteiger partial charge is 0.272 e. The molecule has 3 nitrogen and oxygen atoms in total. The van der Waals surface area contributed by atoms with Crippen LogP contribution in [0.25, 0.3) is 0 Å². The highest BCUT2D eigenvalue weighted by Crippen LogP contribution is 2.21. The van der Waals surface area contributed by atoms with Crippen molar-refractivity contribution >= 4 is 0 Å². The van der Waals surface area contributed by atoms with Crippen molar-refractivity contribution in [3.8, 4) is 0 Å². The summed E-state index contributed by atoms with van der Waals surface area (Å²) in [5.74, 6) is -2.53. The van der Waals surface area contributed by atoms with Gasteiger partial charge in [-0.05, 0) is 53.4 Å². The minimum atomic E-state index is -0.891. The molecule has 0 aliphatic heterocycles. The first kappa shape index (κ1) is 29.9. The summed E-state index contributed by atoms with van der Waals surface area (Å²) in [4.78, 5) is 0. The molecule has 0 N–H and O–H groups in total. The van der Waals surface area contributed by atoms with Gasteiger partial charge in [0.2, 0.25) is 0 Å². The van der Waals surface area contributed by atoms with E-state index < -0.39 is 23.9 Å². The lowest BCUT2D eigenvalue weighted by Crippen LogP contribution is -2.31. The third-order valence-electron chi connectivity index (χ3n) is 5.51. The molecule has 0 fully saturated rings. The monoisotopic (exact) mass is 474 g/mol. The zero-order chi connectivity index (χ0) is 24.6. The number of halogens is 3. The molecule has 1 rings (SSSR count). The lowest BCUT2D eigenvalue weighted by Gasteiger charge is -2.28. The van der Waals surface area contributed by atoms with Crippen LogP contribution in [0.1, 0.15) is 111 Å². The second-order valence-corrected chi connectivity index (χ2v) is 9.42. The van der Waals surface area contributed by atoms with Crippen LogP contribution in [-0.2, 0) is 20.6 Å². The van der Waals surface area contributed by atoms with E-state index in [0.717, 1.165) is 44.2 Å². The Bertz CT molecular complexity index is 604. The van der Waals surface area contributed by atoms with Gasteiger partial charge in [-0.15, -0.1) is 0 Å². The van der Waals surface area contributed by atoms with Crippen LogP contribution in [0.2, 0.25) is 0 Å². The maximum Gasteiger partial charge on any atom is 0.272 e. The van der Waals surface area contributed by atoms with E-state index in [2.05, 4.69) is 6.92 Å². The quantitative estimate of drug-likeness (QED) is 0.149. The zero-order valence-corrected chi connectivity index (χ0v) is 21.3. The predicted molar refractivity (Wildman–Crippen MR) is 128 cm³/mol. The fraction of sp³-hybridized carbons (Fsp3) is 0.778. The molecule has 33 heavy (non-hydrogen) atoms. The van der Waals surface area contributed by atoms with Gasteiger partial charge in [0, 0.05) is 17.7 Å². The van der Waals surface area contributed by atoms with Gasteiger partial charge in [0.25, 0.3) is 6.48 Å². The fourth-order valence-electron chi connectivity index (χ4n) is 3.79. The molecule has 6 heteroatoms. The van der Waals surface area contributed by atoms with Gasteiger partial charge in [0.05, 0.1) is 18.3 Å². The maximum atomic E-state index is 13.9. The third kappa shape index (κ3) is 14.0. The van der Waals surface area contributed by atoms with E-state index in [0.29, 0.717) is 6.42 Å². The summed E-state index contributed by atoms with van der Waals surface area (Å²) in [5.41, 5.74) is -0.0508. The van der Waals surface area contributed by atoms with E-state index in [-0.39, 0.29) is 30.3 Å². The van der Waals surface area contributed by atoms with Gasteiger partial charge in [0.1, 0.15) is 17.5 Å². The molecule has 0 bridgehead atoms. The molecule has 0 radical (unpaired) electrons. The van der Waals surface area contributed by atoms with Crippen LogP contribution in [0, 0.1) is 17.5 Å². The lowest BCUT2D eigenvalue weighted by molar-refractivity contribution is -0.327. The van der Waals surface area contributed by atoms with Crippen LogP contribution >= 0.6 is 0 Å². The van der Waals surface area contributed by atoms with Gasteiger partial charge in [-0.1, -0.05) is 58.3 Å². The van der Waals surface area contributed by atoms with Gasteiger partial charge in [-0.25, -0.2) is 13.2 Å². The summed E-state index contributed by atoms with van der Waals surface area (Å²) < 4.78 is 58.7. The van der Waals surface area contributed by atoms with Crippen LogP contribution < -0.4 is 0 Å². The van der Waals surface area contributed by atoms with Crippen LogP contribution in [0.15, 0.2) is 12.1 Å². The van der Waals surface area contributed by atoms with Crippen LogP contribution in [0.5, 0.6) is 0 Å². The molecule has 0 spiro atoms. The summed E-state index contributed by atoms with van der Waals surface area (Å²) in [6.45, 7) is 9.25. The highest BCUT2D eigenvalue weighted by atomic mass is 19.1. The maximum absolute atomic E-state index is 13.9. The molecular formula is C27H45F3O3. The Morgan fingerprint density at radius 2 is 1.15 bits per heavy atom. The largest absolute Gasteiger partial charge is 0.327 e. The molecule has 1 aromatic carbocycles. The summed E-state index contributed by atoms with van der Waals surface area (Å²) in [6.07, 6.45) is 11.7. The van der Waals surface area contributed by atoms with Crippen molar-refractivity contribution in [2.75, 3.05) is 0 Å². The minimum Gasteiger partial charge on any atom is -0.327 e. The molecule has 0 aromatic heterocycles. The number of unbranched alkanes of at least 4 members (excludes halogenated alkanes) is 7. The van der Waals surface area contributed by atoms with E-state index in [1.165, 1.54) is 32.1 Å². The van der Waals surface area contributed by atoms with Gasteiger partial charge in [-0.3, -0.25) is 0 Å². The van der Waals surface area contributed by atoms with Gasteiger partial charge < -0.3 is 14.2 Å². The number of hydrogen-bond donors (Lipinski definition) is 0. The van der Waals surface area contributed by atoms with E-state index in [1.54, 1.807) is 0 Å². The molecule has 1 atom stereocenters. The number of hydrogen-bond acceptors (Lipinski definition) is 3. The first-order valence-corrected chi connectivity index (χ1v) is 12.8. The molecule has 192 valence electrons. The van der Waals surface area contributed by atoms with E-state index >= 15 is 0 Å². The van der Waals surface area contributed by atoms with Crippen molar-refractivity contribution in [2.45, 2.75) is 136 Å². The van der Waals surface area contributed by atoms with Crippen molar-refractivity contribution in [3.63, 3.8) is 0 Å². The predicted octanol–water partition coefficient (Wildman–Crippen LogP) is 8.48. The summed E-state index contributed by atoms with van der Waals surface area (Å²) in [6, 6.07) is 1.48. The van der Waals surface area contributed by atoms with Gasteiger partial charge in [-0.2, -0.15) is 0 Å². The molecule has 0 aliphatic rings. The summed E-state index contributed by atoms with van der Waals surface area (Å²) in [5, 5.41) is 0. The standard InChI is InChI=1S/C27H45F3O3/c1-6-7-8-9-10-11-12-15-23(33-27(31-20(2)3)32-21(4)5)16-13-14-17-24-25(29)18-22(28)19-26(24)30/h18-21,23,27H,6-17H2,1-5H3. The summed E-state index contributed by atoms with van der Waals surface area (Å²) in [7, 11) is 0. The van der Waals surface area contributed by atoms with Crippen molar-refractivity contribution in [2.24, 2.45) is 0 Å². The second kappa shape index (κ2) is 17.3. The van der Waals surface area contributed by atoms with E-state index in [1.807, 2.05) is 27.7 Å². The number of ether oxygens (including phenoxy) is 3. The second-order valence-electron chi connectivity index (χ2n) is 9.42. The molecule has 0 saturated carbocycles. The Balaban J connectivity index is 2.58. The summed E-state index contributed by atoms with van der Waals surface area (Å²) >= 11 is 0. The zero-order valence-electron chi connectivity index (χ0n) is 21.3. The van der Waals surface area contributed by atoms with E-state index in [4.69, 9.17) is 14.2 Å². The molecule has 1 aromatic rings. The van der Waals surface area contributed by atoms with Crippen LogP contribution in [0.3, 0.4) is 0 Å². The molecular weight excluding hydrogens is 429 g/mol. The van der Waals surface area contributed by atoms with Crippen molar-refractivity contribution in [1.82, 2.24) is 0 Å². The van der Waals surface area contributed by atoms with Gasteiger partial charge >= 0.3 is 0 Å². The Labute approximate surface area is 199 Å². The SMILES string of the molecule is CCCCCCCCCC(CCCCc1c(F)cc(F)cc1F)OC(OC(C)C)OC(C)C. The Morgan fingerprint density at radius 1 is 0.667 bits per heavy atom. The Morgan fingerprint density at radius 3 is 1.67 bits per heavy atom. The topological polar surface area (TPSA) is 27.7 Å². The third-order valence-corrected chi connectivity index (χ3v) is 5.51. The molecule has 1 unspecified atom stereocenters. The van der Waals surface area contributed by atoms with Crippen LogP contribution in [0.4, 0.5) is 13.2 Å². The molecule has 0 aliphatic carbocycles. The van der Waals surface area contributed by atoms with Crippen molar-refractivity contribution in [1.29, 1.82) is 0 Å². The normalized spacial score (nSPS) is 12.9. The first-order chi connectivity index (χ1) is 15.7. The molecule has 0 amide bonds. The molecule has 0 heterocycles. The first-order valence-electron chi connectivity index (χ1n) is 12.8. The van der Waals surface area contributed by atoms with E-state index in [9.17, 15) is 13.2 Å². The fourth-order valence-corrected chi connectivity index (χ4v) is 3.79. The van der Waals surface area contributed by atoms with Crippen molar-refractivity contribution in [3.05, 3.63) is 35.1 Å².